The molecule has 1 aromatic carbocycles. The van der Waals surface area contributed by atoms with Crippen LogP contribution in [0.4, 0.5) is 5.69 Å². The summed E-state index contributed by atoms with van der Waals surface area (Å²) in [5.74, 6) is -0.503. The molecule has 3 amide bonds. The number of ether oxygens (including phenoxy) is 1. The lowest BCUT2D eigenvalue weighted by Crippen LogP contribution is -2.34. The number of amides is 3. The Kier molecular flexibility index (Phi) is 5.59. The van der Waals surface area contributed by atoms with Gasteiger partial charge in [-0.15, -0.1) is 0 Å². The summed E-state index contributed by atoms with van der Waals surface area (Å²) < 4.78 is 5.35. The van der Waals surface area contributed by atoms with E-state index in [0.717, 1.165) is 5.56 Å². The number of methoxy groups -OCH3 is 1. The highest BCUT2D eigenvalue weighted by Crippen LogP contribution is 2.35. The second-order valence-electron chi connectivity index (χ2n) is 8.45. The van der Waals surface area contributed by atoms with E-state index < -0.39 is 0 Å². The van der Waals surface area contributed by atoms with Gasteiger partial charge in [0.25, 0.3) is 0 Å². The van der Waals surface area contributed by atoms with E-state index in [9.17, 15) is 14.4 Å². The number of carbonyl (C=O) groups excluding carboxylic acids is 3. The number of hydrogen-bond acceptors (Lipinski definition) is 4. The number of rotatable bonds is 5. The summed E-state index contributed by atoms with van der Waals surface area (Å²) in [4.78, 5) is 38.7. The van der Waals surface area contributed by atoms with Crippen LogP contribution in [0.3, 0.4) is 0 Å². The van der Waals surface area contributed by atoms with Crippen molar-refractivity contribution in [2.45, 2.75) is 45.4 Å². The summed E-state index contributed by atoms with van der Waals surface area (Å²) in [7, 11) is 1.55. The summed E-state index contributed by atoms with van der Waals surface area (Å²) in [6.07, 6.45) is 5.19. The van der Waals surface area contributed by atoms with Crippen LogP contribution >= 0.6 is 0 Å². The van der Waals surface area contributed by atoms with Gasteiger partial charge in [0.05, 0.1) is 24.6 Å². The van der Waals surface area contributed by atoms with Crippen LogP contribution in [0.25, 0.3) is 0 Å². The second-order valence-corrected chi connectivity index (χ2v) is 8.45. The number of imide groups is 1. The van der Waals surface area contributed by atoms with E-state index in [1.165, 1.54) is 4.90 Å². The first-order valence-corrected chi connectivity index (χ1v) is 9.71. The van der Waals surface area contributed by atoms with Crippen molar-refractivity contribution in [3.8, 4) is 5.75 Å². The van der Waals surface area contributed by atoms with Crippen molar-refractivity contribution in [3.63, 3.8) is 0 Å². The number of anilines is 1. The SMILES string of the molecule is COc1ccc(C(C)(C)C)cc1NC(=O)CCN1C(=O)[C@H]2CC=CC[C@@H]2C1=O. The molecule has 0 bridgehead atoms. The van der Waals surface area contributed by atoms with E-state index in [-0.39, 0.29) is 47.9 Å². The molecule has 2 atom stereocenters. The number of fused-ring (bicyclic) bond motifs is 1. The standard InChI is InChI=1S/C22H28N2O4/c1-22(2,3)14-9-10-18(28-4)17(13-14)23-19(25)11-12-24-20(26)15-7-5-6-8-16(15)21(24)27/h5-6,9-10,13,15-16H,7-8,11-12H2,1-4H3,(H,23,25)/t15-,16-/m0/s1. The Morgan fingerprint density at radius 3 is 2.29 bits per heavy atom. The fourth-order valence-corrected chi connectivity index (χ4v) is 3.79. The lowest BCUT2D eigenvalue weighted by atomic mass is 9.85. The predicted octanol–water partition coefficient (Wildman–Crippen LogP) is 3.27. The van der Waals surface area contributed by atoms with Crippen molar-refractivity contribution in [1.29, 1.82) is 0 Å². The van der Waals surface area contributed by atoms with E-state index >= 15 is 0 Å². The molecule has 0 unspecified atom stereocenters. The van der Waals surface area contributed by atoms with E-state index in [1.54, 1.807) is 7.11 Å². The molecule has 0 saturated carbocycles. The predicted molar refractivity (Wildman–Crippen MR) is 107 cm³/mol. The number of hydrogen-bond donors (Lipinski definition) is 1. The number of nitrogens with zero attached hydrogens (tertiary/aromatic N) is 1. The molecule has 28 heavy (non-hydrogen) atoms. The molecule has 1 N–H and O–H groups in total. The van der Waals surface area contributed by atoms with Gasteiger partial charge in [0.15, 0.2) is 0 Å². The van der Waals surface area contributed by atoms with Gasteiger partial charge >= 0.3 is 0 Å². The van der Waals surface area contributed by atoms with Crippen LogP contribution in [0.1, 0.15) is 45.6 Å². The molecule has 1 heterocycles. The largest absolute Gasteiger partial charge is 0.495 e. The van der Waals surface area contributed by atoms with E-state index in [0.29, 0.717) is 24.3 Å². The van der Waals surface area contributed by atoms with E-state index in [1.807, 2.05) is 30.4 Å². The molecule has 3 rings (SSSR count). The third kappa shape index (κ3) is 3.96. The van der Waals surface area contributed by atoms with Crippen LogP contribution in [0.15, 0.2) is 30.4 Å². The number of likely N-dealkylation sites (tertiary alicyclic amines) is 1. The quantitative estimate of drug-likeness (QED) is 0.624. The van der Waals surface area contributed by atoms with Crippen LogP contribution < -0.4 is 10.1 Å². The highest BCUT2D eigenvalue weighted by molar-refractivity contribution is 6.06. The first-order valence-electron chi connectivity index (χ1n) is 9.71. The van der Waals surface area contributed by atoms with E-state index in [2.05, 4.69) is 26.1 Å². The first-order chi connectivity index (χ1) is 13.2. The van der Waals surface area contributed by atoms with Gasteiger partial charge in [-0.25, -0.2) is 0 Å². The topological polar surface area (TPSA) is 75.7 Å². The van der Waals surface area contributed by atoms with Crippen molar-refractivity contribution in [3.05, 3.63) is 35.9 Å². The monoisotopic (exact) mass is 384 g/mol. The lowest BCUT2D eigenvalue weighted by Gasteiger charge is -2.21. The van der Waals surface area contributed by atoms with Gasteiger partial charge in [-0.05, 0) is 36.0 Å². The maximum Gasteiger partial charge on any atom is 0.233 e. The molecule has 0 radical (unpaired) electrons. The minimum absolute atomic E-state index is 0.0627. The molecule has 1 saturated heterocycles. The molecule has 0 aromatic heterocycles. The van der Waals surface area contributed by atoms with Crippen molar-refractivity contribution in [2.24, 2.45) is 11.8 Å². The third-order valence-electron chi connectivity index (χ3n) is 5.50. The van der Waals surface area contributed by atoms with E-state index in [4.69, 9.17) is 4.74 Å². The average Bonchev–Trinajstić information content (AvgIpc) is 2.90. The minimum atomic E-state index is -0.260. The lowest BCUT2D eigenvalue weighted by molar-refractivity contribution is -0.140. The van der Waals surface area contributed by atoms with Gasteiger partial charge in [0.1, 0.15) is 5.75 Å². The summed E-state index contributed by atoms with van der Waals surface area (Å²) in [6, 6.07) is 5.72. The first kappa shape index (κ1) is 20.1. The maximum absolute atomic E-state index is 12.5. The van der Waals surface area contributed by atoms with Crippen molar-refractivity contribution >= 4 is 23.4 Å². The molecule has 1 fully saturated rings. The molecule has 6 heteroatoms. The van der Waals surface area contributed by atoms with Gasteiger partial charge in [-0.3, -0.25) is 19.3 Å². The average molecular weight is 384 g/mol. The van der Waals surface area contributed by atoms with Crippen molar-refractivity contribution in [1.82, 2.24) is 4.90 Å². The van der Waals surface area contributed by atoms with Crippen LogP contribution in [-0.2, 0) is 19.8 Å². The normalized spacial score (nSPS) is 21.6. The molecular weight excluding hydrogens is 356 g/mol. The van der Waals surface area contributed by atoms with Crippen LogP contribution in [0.2, 0.25) is 0 Å². The Labute approximate surface area is 165 Å². The zero-order valence-electron chi connectivity index (χ0n) is 17.0. The smallest absolute Gasteiger partial charge is 0.233 e. The van der Waals surface area contributed by atoms with Gasteiger partial charge in [-0.1, -0.05) is 39.0 Å². The molecule has 2 aliphatic rings. The van der Waals surface area contributed by atoms with Gasteiger partial charge in [0.2, 0.25) is 17.7 Å². The second kappa shape index (κ2) is 7.78. The fraction of sp³-hybridized carbons (Fsp3) is 0.500. The number of benzene rings is 1. The number of nitrogens with one attached hydrogen (secondary N) is 1. The molecule has 1 aliphatic carbocycles. The van der Waals surface area contributed by atoms with Crippen LogP contribution in [-0.4, -0.2) is 36.3 Å². The molecule has 1 aliphatic heterocycles. The molecule has 1 aromatic rings. The van der Waals surface area contributed by atoms with Gasteiger partial charge in [-0.2, -0.15) is 0 Å². The maximum atomic E-state index is 12.5. The van der Waals surface area contributed by atoms with Gasteiger partial charge in [0, 0.05) is 13.0 Å². The number of carbonyl (C=O) groups is 3. The zero-order chi connectivity index (χ0) is 20.5. The molecule has 150 valence electrons. The Balaban J connectivity index is 1.65. The Morgan fingerprint density at radius 1 is 1.14 bits per heavy atom. The van der Waals surface area contributed by atoms with Crippen molar-refractivity contribution < 1.29 is 19.1 Å². The summed E-state index contributed by atoms with van der Waals surface area (Å²) in [5.41, 5.74) is 1.60. The molecular formula is C22H28N2O4. The summed E-state index contributed by atoms with van der Waals surface area (Å²) in [5, 5.41) is 2.86. The zero-order valence-corrected chi connectivity index (χ0v) is 17.0. The summed E-state index contributed by atoms with van der Waals surface area (Å²) in [6.45, 7) is 6.40. The Hall–Kier alpha value is -2.63. The third-order valence-corrected chi connectivity index (χ3v) is 5.50. The Morgan fingerprint density at radius 2 is 1.75 bits per heavy atom. The van der Waals surface area contributed by atoms with Crippen LogP contribution in [0, 0.1) is 11.8 Å². The molecule has 0 spiro atoms. The highest BCUT2D eigenvalue weighted by atomic mass is 16.5. The van der Waals surface area contributed by atoms with Crippen molar-refractivity contribution in [2.75, 3.05) is 19.0 Å². The van der Waals surface area contributed by atoms with Crippen LogP contribution in [0.5, 0.6) is 5.75 Å². The highest BCUT2D eigenvalue weighted by Gasteiger charge is 2.46. The van der Waals surface area contributed by atoms with Gasteiger partial charge < -0.3 is 10.1 Å². The number of allylic oxidation sites excluding steroid dienone is 2. The molecule has 6 nitrogen and oxygen atoms in total. The summed E-state index contributed by atoms with van der Waals surface area (Å²) >= 11 is 0. The Bertz CT molecular complexity index is 796. The fourth-order valence-electron chi connectivity index (χ4n) is 3.79. The minimum Gasteiger partial charge on any atom is -0.495 e.